The van der Waals surface area contributed by atoms with Gasteiger partial charge in [-0.2, -0.15) is 4.31 Å². The molecule has 0 unspecified atom stereocenters. The van der Waals surface area contributed by atoms with Crippen molar-refractivity contribution in [2.24, 2.45) is 5.14 Å². The Morgan fingerprint density at radius 2 is 1.67 bits per heavy atom. The Labute approximate surface area is 124 Å². The van der Waals surface area contributed by atoms with E-state index in [-0.39, 0.29) is 22.9 Å². The summed E-state index contributed by atoms with van der Waals surface area (Å²) in [6.45, 7) is 2.04. The smallest absolute Gasteiger partial charge is 0.243 e. The first-order valence-corrected chi connectivity index (χ1v) is 9.36. The van der Waals surface area contributed by atoms with Gasteiger partial charge >= 0.3 is 0 Å². The molecule has 1 fully saturated rings. The van der Waals surface area contributed by atoms with Gasteiger partial charge in [0.05, 0.1) is 15.4 Å². The summed E-state index contributed by atoms with van der Waals surface area (Å²) in [5, 5.41) is 14.9. The highest BCUT2D eigenvalue weighted by molar-refractivity contribution is 7.90. The zero-order chi connectivity index (χ0) is 15.9. The van der Waals surface area contributed by atoms with Crippen LogP contribution < -0.4 is 5.14 Å². The van der Waals surface area contributed by atoms with Gasteiger partial charge in [-0.3, -0.25) is 0 Å². The molecule has 0 spiro atoms. The molecule has 0 atom stereocenters. The molecule has 0 aliphatic carbocycles. The summed E-state index contributed by atoms with van der Waals surface area (Å²) in [7, 11) is -7.75. The second kappa shape index (κ2) is 5.33. The fraction of sp³-hybridized carbons (Fsp3) is 0.500. The molecular formula is C12H18N2O5S2. The summed E-state index contributed by atoms with van der Waals surface area (Å²) < 4.78 is 48.8. The first-order valence-electron chi connectivity index (χ1n) is 6.38. The Balaban J connectivity index is 2.33. The average molecular weight is 334 g/mol. The van der Waals surface area contributed by atoms with Gasteiger partial charge in [0.2, 0.25) is 20.0 Å². The third-order valence-electron chi connectivity index (χ3n) is 3.57. The Morgan fingerprint density at radius 1 is 1.14 bits per heavy atom. The molecule has 118 valence electrons. The van der Waals surface area contributed by atoms with Crippen LogP contribution in [-0.4, -0.2) is 44.9 Å². The van der Waals surface area contributed by atoms with Gasteiger partial charge in [-0.1, -0.05) is 6.07 Å². The molecule has 7 nitrogen and oxygen atoms in total. The van der Waals surface area contributed by atoms with Crippen LogP contribution in [0.25, 0.3) is 0 Å². The quantitative estimate of drug-likeness (QED) is 0.798. The van der Waals surface area contributed by atoms with E-state index in [0.29, 0.717) is 12.8 Å². The molecule has 9 heteroatoms. The van der Waals surface area contributed by atoms with E-state index >= 15 is 0 Å². The van der Waals surface area contributed by atoms with Crippen LogP contribution in [0.2, 0.25) is 0 Å². The van der Waals surface area contributed by atoms with Gasteiger partial charge in [0, 0.05) is 13.1 Å². The first-order chi connectivity index (χ1) is 9.52. The minimum absolute atomic E-state index is 0.115. The zero-order valence-electron chi connectivity index (χ0n) is 11.6. The zero-order valence-corrected chi connectivity index (χ0v) is 13.2. The van der Waals surface area contributed by atoms with Gasteiger partial charge in [-0.15, -0.1) is 0 Å². The van der Waals surface area contributed by atoms with Crippen LogP contribution in [-0.2, 0) is 20.0 Å². The Hall–Kier alpha value is -1.00. The van der Waals surface area contributed by atoms with Crippen molar-refractivity contribution in [1.29, 1.82) is 0 Å². The second-order valence-corrected chi connectivity index (χ2v) is 8.92. The monoisotopic (exact) mass is 334 g/mol. The molecule has 0 radical (unpaired) electrons. The Kier molecular flexibility index (Phi) is 4.15. The maximum absolute atomic E-state index is 12.5. The number of primary sulfonamides is 1. The maximum Gasteiger partial charge on any atom is 0.243 e. The molecule has 0 amide bonds. The standard InChI is InChI=1S/C12H18N2O5S2/c1-12(15)5-7-14(8-6-12)21(18,19)11-4-2-3-10(9-11)20(13,16)17/h2-4,9,15H,5-8H2,1H3,(H2,13,16,17). The number of nitrogens with two attached hydrogens (primary N) is 1. The Bertz CT molecular complexity index is 731. The number of nitrogens with zero attached hydrogens (tertiary/aromatic N) is 1. The predicted molar refractivity (Wildman–Crippen MR) is 76.4 cm³/mol. The summed E-state index contributed by atoms with van der Waals surface area (Å²) in [6, 6.07) is 4.97. The number of sulfonamides is 2. The van der Waals surface area contributed by atoms with E-state index in [9.17, 15) is 21.9 Å². The molecule has 21 heavy (non-hydrogen) atoms. The van der Waals surface area contributed by atoms with Gasteiger partial charge in [0.15, 0.2) is 0 Å². The van der Waals surface area contributed by atoms with Gasteiger partial charge < -0.3 is 5.11 Å². The van der Waals surface area contributed by atoms with E-state index in [4.69, 9.17) is 5.14 Å². The number of hydrogen-bond acceptors (Lipinski definition) is 5. The summed E-state index contributed by atoms with van der Waals surface area (Å²) in [5.41, 5.74) is -0.867. The predicted octanol–water partition coefficient (Wildman–Crippen LogP) is -0.130. The molecule has 1 aliphatic rings. The number of aliphatic hydroxyl groups is 1. The van der Waals surface area contributed by atoms with E-state index in [0.717, 1.165) is 6.07 Å². The fourth-order valence-corrected chi connectivity index (χ4v) is 4.29. The summed E-state index contributed by atoms with van der Waals surface area (Å²) in [4.78, 5) is -0.358. The average Bonchev–Trinajstić information content (AvgIpc) is 2.37. The number of hydrogen-bond donors (Lipinski definition) is 2. The largest absolute Gasteiger partial charge is 0.390 e. The summed E-state index contributed by atoms with van der Waals surface area (Å²) in [5.74, 6) is 0. The summed E-state index contributed by atoms with van der Waals surface area (Å²) in [6.07, 6.45) is 0.669. The van der Waals surface area contributed by atoms with Crippen molar-refractivity contribution in [2.45, 2.75) is 35.2 Å². The molecule has 1 aromatic rings. The van der Waals surface area contributed by atoms with E-state index in [1.165, 1.54) is 22.5 Å². The summed E-state index contributed by atoms with van der Waals surface area (Å²) >= 11 is 0. The van der Waals surface area contributed by atoms with Gasteiger partial charge in [0.1, 0.15) is 0 Å². The molecule has 0 bridgehead atoms. The van der Waals surface area contributed by atoms with Gasteiger partial charge in [-0.25, -0.2) is 22.0 Å². The van der Waals surface area contributed by atoms with Gasteiger partial charge in [-0.05, 0) is 38.0 Å². The maximum atomic E-state index is 12.5. The second-order valence-electron chi connectivity index (χ2n) is 5.42. The van der Waals surface area contributed by atoms with Crippen molar-refractivity contribution < 1.29 is 21.9 Å². The van der Waals surface area contributed by atoms with Crippen LogP contribution in [0.1, 0.15) is 19.8 Å². The first kappa shape index (κ1) is 16.4. The van der Waals surface area contributed by atoms with Crippen molar-refractivity contribution >= 4 is 20.0 Å². The van der Waals surface area contributed by atoms with E-state index in [2.05, 4.69) is 0 Å². The van der Waals surface area contributed by atoms with Crippen molar-refractivity contribution in [3.8, 4) is 0 Å². The highest BCUT2D eigenvalue weighted by Crippen LogP contribution is 2.26. The third kappa shape index (κ3) is 3.61. The highest BCUT2D eigenvalue weighted by atomic mass is 32.2. The topological polar surface area (TPSA) is 118 Å². The number of rotatable bonds is 3. The van der Waals surface area contributed by atoms with Crippen molar-refractivity contribution in [3.63, 3.8) is 0 Å². The lowest BCUT2D eigenvalue weighted by Crippen LogP contribution is -2.45. The minimum atomic E-state index is -3.96. The lowest BCUT2D eigenvalue weighted by Gasteiger charge is -2.34. The third-order valence-corrected chi connectivity index (χ3v) is 6.38. The van der Waals surface area contributed by atoms with Crippen molar-refractivity contribution in [2.75, 3.05) is 13.1 Å². The molecule has 3 N–H and O–H groups in total. The normalized spacial score (nSPS) is 20.3. The highest BCUT2D eigenvalue weighted by Gasteiger charge is 2.34. The Morgan fingerprint density at radius 3 is 2.19 bits per heavy atom. The van der Waals surface area contributed by atoms with E-state index < -0.39 is 25.6 Å². The van der Waals surface area contributed by atoms with Crippen molar-refractivity contribution in [1.82, 2.24) is 4.31 Å². The van der Waals surface area contributed by atoms with Gasteiger partial charge in [0.25, 0.3) is 0 Å². The molecule has 0 saturated carbocycles. The molecule has 0 aromatic heterocycles. The van der Waals surface area contributed by atoms with Crippen LogP contribution in [0.5, 0.6) is 0 Å². The van der Waals surface area contributed by atoms with Crippen LogP contribution in [0, 0.1) is 0 Å². The van der Waals surface area contributed by atoms with Crippen LogP contribution >= 0.6 is 0 Å². The molecule has 2 rings (SSSR count). The SMILES string of the molecule is CC1(O)CCN(S(=O)(=O)c2cccc(S(N)(=O)=O)c2)CC1. The molecule has 1 heterocycles. The molecule has 1 saturated heterocycles. The lowest BCUT2D eigenvalue weighted by molar-refractivity contribution is 0.0126. The van der Waals surface area contributed by atoms with E-state index in [1.807, 2.05) is 0 Å². The van der Waals surface area contributed by atoms with Crippen molar-refractivity contribution in [3.05, 3.63) is 24.3 Å². The number of piperidine rings is 1. The fourth-order valence-electron chi connectivity index (χ4n) is 2.17. The van der Waals surface area contributed by atoms with Crippen LogP contribution in [0.15, 0.2) is 34.1 Å². The minimum Gasteiger partial charge on any atom is -0.390 e. The lowest BCUT2D eigenvalue weighted by atomic mass is 9.95. The molecule has 1 aliphatic heterocycles. The molecule has 1 aromatic carbocycles. The van der Waals surface area contributed by atoms with Crippen LogP contribution in [0.3, 0.4) is 0 Å². The van der Waals surface area contributed by atoms with Crippen LogP contribution in [0.4, 0.5) is 0 Å². The van der Waals surface area contributed by atoms with E-state index in [1.54, 1.807) is 6.92 Å². The molecular weight excluding hydrogens is 316 g/mol. The number of benzene rings is 1.